The molecule has 11 aromatic rings. The van der Waals surface area contributed by atoms with Gasteiger partial charge < -0.3 is 4.90 Å². The molecule has 0 N–H and O–H groups in total. The van der Waals surface area contributed by atoms with Crippen LogP contribution in [0.5, 0.6) is 0 Å². The number of nitrogens with zero attached hydrogens (tertiary/aromatic N) is 5. The minimum absolute atomic E-state index is 0.610. The first-order valence-electron chi connectivity index (χ1n) is 24.5. The molecule has 340 valence electrons. The molecule has 1 spiro atoms. The maximum atomic E-state index is 5.27. The van der Waals surface area contributed by atoms with Crippen molar-refractivity contribution < 1.29 is 0 Å². The summed E-state index contributed by atoms with van der Waals surface area (Å²) in [6, 6.07) is 89.0. The van der Waals surface area contributed by atoms with Gasteiger partial charge in [-0.2, -0.15) is 0 Å². The minimum Gasteiger partial charge on any atom is -0.310 e. The molecule has 2 aliphatic rings. The van der Waals surface area contributed by atoms with E-state index in [0.29, 0.717) is 17.5 Å². The Morgan fingerprint density at radius 1 is 0.375 bits per heavy atom. The Kier molecular flexibility index (Phi) is 10.4. The maximum Gasteiger partial charge on any atom is 0.164 e. The van der Waals surface area contributed by atoms with E-state index in [9.17, 15) is 0 Å². The van der Waals surface area contributed by atoms with Gasteiger partial charge in [-0.05, 0) is 147 Å². The van der Waals surface area contributed by atoms with Crippen molar-refractivity contribution in [2.24, 2.45) is 4.99 Å². The van der Waals surface area contributed by atoms with Crippen LogP contribution in [-0.2, 0) is 5.41 Å². The molecule has 0 saturated carbocycles. The molecule has 1 aliphatic carbocycles. The normalized spacial score (nSPS) is 13.0. The van der Waals surface area contributed by atoms with Gasteiger partial charge in [0.25, 0.3) is 0 Å². The SMILES string of the molecule is CC(=Nc1ccccc1C)c1cc(-c2ccccc2)cc(-c2ccc3c(c2)C2(c4ccccc4-c4ccccc42)c2cc(-c4nc(-c5ccccc5)nc(-c5ccccc5)n4)ccc2N3c2ccccc2)c1. The summed E-state index contributed by atoms with van der Waals surface area (Å²) < 4.78 is 0. The molecule has 0 fully saturated rings. The number of anilines is 3. The van der Waals surface area contributed by atoms with Crippen molar-refractivity contribution >= 4 is 28.5 Å². The van der Waals surface area contributed by atoms with Gasteiger partial charge in [0.2, 0.25) is 0 Å². The predicted molar refractivity (Wildman–Crippen MR) is 296 cm³/mol. The van der Waals surface area contributed by atoms with E-state index in [2.05, 4.69) is 231 Å². The zero-order chi connectivity index (χ0) is 48.2. The van der Waals surface area contributed by atoms with Gasteiger partial charge in [0.1, 0.15) is 0 Å². The molecular formula is C67H47N5. The minimum atomic E-state index is -0.741. The van der Waals surface area contributed by atoms with E-state index in [4.69, 9.17) is 19.9 Å². The van der Waals surface area contributed by atoms with Crippen molar-refractivity contribution in [1.29, 1.82) is 0 Å². The molecular weight excluding hydrogens is 875 g/mol. The number of aromatic nitrogens is 3. The third-order valence-corrected chi connectivity index (χ3v) is 14.4. The third-order valence-electron chi connectivity index (χ3n) is 14.4. The van der Waals surface area contributed by atoms with Crippen LogP contribution in [0.3, 0.4) is 0 Å². The topological polar surface area (TPSA) is 54.3 Å². The van der Waals surface area contributed by atoms with E-state index >= 15 is 0 Å². The van der Waals surface area contributed by atoms with Gasteiger partial charge in [0.15, 0.2) is 17.5 Å². The predicted octanol–water partition coefficient (Wildman–Crippen LogP) is 16.8. The Balaban J connectivity index is 1.09. The first kappa shape index (κ1) is 42.8. The van der Waals surface area contributed by atoms with E-state index in [0.717, 1.165) is 84.1 Å². The number of aliphatic imine (C=N–C) groups is 1. The Labute approximate surface area is 420 Å². The molecule has 0 unspecified atom stereocenters. The highest BCUT2D eigenvalue weighted by Crippen LogP contribution is 2.64. The summed E-state index contributed by atoms with van der Waals surface area (Å²) in [6.07, 6.45) is 0. The quantitative estimate of drug-likeness (QED) is 0.143. The van der Waals surface area contributed by atoms with Crippen LogP contribution in [0.15, 0.2) is 254 Å². The maximum absolute atomic E-state index is 5.27. The van der Waals surface area contributed by atoms with Crippen molar-refractivity contribution in [3.63, 3.8) is 0 Å². The molecule has 0 bridgehead atoms. The molecule has 5 heteroatoms. The Morgan fingerprint density at radius 2 is 0.819 bits per heavy atom. The summed E-state index contributed by atoms with van der Waals surface area (Å²) in [5.74, 6) is 1.86. The molecule has 0 saturated heterocycles. The van der Waals surface area contributed by atoms with Gasteiger partial charge in [0, 0.05) is 28.1 Å². The number of para-hydroxylation sites is 2. The number of hydrogen-bond acceptors (Lipinski definition) is 5. The largest absolute Gasteiger partial charge is 0.310 e. The van der Waals surface area contributed by atoms with Gasteiger partial charge in [0.05, 0.1) is 22.5 Å². The number of aryl methyl sites for hydroxylation is 1. The molecule has 0 atom stereocenters. The molecule has 0 radical (unpaired) electrons. The highest BCUT2D eigenvalue weighted by atomic mass is 15.2. The lowest BCUT2D eigenvalue weighted by atomic mass is 9.64. The fourth-order valence-corrected chi connectivity index (χ4v) is 11.0. The van der Waals surface area contributed by atoms with E-state index in [1.807, 2.05) is 36.4 Å². The van der Waals surface area contributed by atoms with Crippen LogP contribution < -0.4 is 4.90 Å². The van der Waals surface area contributed by atoms with Crippen LogP contribution in [0, 0.1) is 6.92 Å². The number of fused-ring (bicyclic) bond motifs is 9. The summed E-state index contributed by atoms with van der Waals surface area (Å²) >= 11 is 0. The van der Waals surface area contributed by atoms with Gasteiger partial charge >= 0.3 is 0 Å². The summed E-state index contributed by atoms with van der Waals surface area (Å²) in [4.78, 5) is 23.3. The molecule has 0 amide bonds. The zero-order valence-electron chi connectivity index (χ0n) is 39.9. The molecule has 10 aromatic carbocycles. The monoisotopic (exact) mass is 921 g/mol. The zero-order valence-corrected chi connectivity index (χ0v) is 39.9. The van der Waals surface area contributed by atoms with Crippen LogP contribution in [0.1, 0.15) is 40.3 Å². The van der Waals surface area contributed by atoms with Crippen LogP contribution in [-0.4, -0.2) is 20.7 Å². The smallest absolute Gasteiger partial charge is 0.164 e. The Bertz CT molecular complexity index is 3780. The number of hydrogen-bond donors (Lipinski definition) is 0. The van der Waals surface area contributed by atoms with Crippen molar-refractivity contribution in [3.05, 3.63) is 282 Å². The van der Waals surface area contributed by atoms with Crippen molar-refractivity contribution in [2.75, 3.05) is 4.90 Å². The molecule has 72 heavy (non-hydrogen) atoms. The van der Waals surface area contributed by atoms with Gasteiger partial charge in [-0.1, -0.05) is 182 Å². The molecule has 1 aliphatic heterocycles. The lowest BCUT2D eigenvalue weighted by Crippen LogP contribution is -2.36. The van der Waals surface area contributed by atoms with E-state index in [1.165, 1.54) is 27.8 Å². The van der Waals surface area contributed by atoms with E-state index < -0.39 is 5.41 Å². The summed E-state index contributed by atoms with van der Waals surface area (Å²) in [6.45, 7) is 4.24. The Morgan fingerprint density at radius 3 is 1.39 bits per heavy atom. The molecule has 2 heterocycles. The van der Waals surface area contributed by atoms with Crippen LogP contribution in [0.25, 0.3) is 67.5 Å². The van der Waals surface area contributed by atoms with Crippen LogP contribution in [0.2, 0.25) is 0 Å². The summed E-state index contributed by atoms with van der Waals surface area (Å²) in [5, 5.41) is 0. The van der Waals surface area contributed by atoms with Crippen molar-refractivity contribution in [3.8, 4) is 67.5 Å². The van der Waals surface area contributed by atoms with Gasteiger partial charge in [-0.25, -0.2) is 15.0 Å². The first-order valence-corrected chi connectivity index (χ1v) is 24.5. The number of rotatable bonds is 8. The lowest BCUT2D eigenvalue weighted by molar-refractivity contribution is 0.753. The molecule has 5 nitrogen and oxygen atoms in total. The standard InChI is InChI=1S/C67H47N5/c1-44-21-15-20-34-61(44)68-45(2)51-39-52(46-22-7-3-8-23-46)41-53(40-51)49-35-37-62-59(42-49)67(57-32-18-16-30-55(57)56-31-17-19-33-58(56)67)60-43-50(36-38-63(60)72(62)54-28-13-6-14-29-54)66-70-64(47-24-9-4-10-25-47)69-65(71-66)48-26-11-5-12-27-48/h3-43H,1-2H3. The van der Waals surface area contributed by atoms with Crippen molar-refractivity contribution in [1.82, 2.24) is 15.0 Å². The van der Waals surface area contributed by atoms with Crippen molar-refractivity contribution in [2.45, 2.75) is 19.3 Å². The van der Waals surface area contributed by atoms with Gasteiger partial charge in [-0.3, -0.25) is 4.99 Å². The fraction of sp³-hybridized carbons (Fsp3) is 0.0448. The third kappa shape index (κ3) is 7.16. The highest BCUT2D eigenvalue weighted by molar-refractivity contribution is 6.03. The number of benzene rings is 10. The van der Waals surface area contributed by atoms with Crippen LogP contribution in [0.4, 0.5) is 22.7 Å². The summed E-state index contributed by atoms with van der Waals surface area (Å²) in [5.41, 5.74) is 21.2. The van der Waals surface area contributed by atoms with Gasteiger partial charge in [-0.15, -0.1) is 0 Å². The average Bonchev–Trinajstić information content (AvgIpc) is 3.75. The average molecular weight is 922 g/mol. The lowest BCUT2D eigenvalue weighted by Gasteiger charge is -2.45. The molecule has 1 aromatic heterocycles. The fourth-order valence-electron chi connectivity index (χ4n) is 11.0. The molecule has 13 rings (SSSR count). The highest BCUT2D eigenvalue weighted by Gasteiger charge is 2.52. The second-order valence-electron chi connectivity index (χ2n) is 18.7. The van der Waals surface area contributed by atoms with Crippen LogP contribution >= 0.6 is 0 Å². The second kappa shape index (κ2) is 17.6. The van der Waals surface area contributed by atoms with E-state index in [1.54, 1.807) is 0 Å². The second-order valence-corrected chi connectivity index (χ2v) is 18.7. The first-order chi connectivity index (χ1) is 35.5. The summed E-state index contributed by atoms with van der Waals surface area (Å²) in [7, 11) is 0. The Hall–Kier alpha value is -9.32. The van der Waals surface area contributed by atoms with E-state index in [-0.39, 0.29) is 0 Å².